The molecule has 2 rings (SSSR count). The molecule has 0 radical (unpaired) electrons. The lowest BCUT2D eigenvalue weighted by Crippen LogP contribution is -2.55. The Kier molecular flexibility index (Phi) is 19.8. The molecule has 1 fully saturated rings. The zero-order chi connectivity index (χ0) is 43.7. The number of rotatable bonds is 19. The van der Waals surface area contributed by atoms with E-state index in [1.165, 1.54) is 49.8 Å². The van der Waals surface area contributed by atoms with Crippen LogP contribution in [0.4, 0.5) is 14.0 Å². The number of likely N-dealkylation sites (N-methyl/N-ethyl adjacent to an activating group) is 2. The van der Waals surface area contributed by atoms with Gasteiger partial charge in [-0.2, -0.15) is 0 Å². The first-order valence-electron chi connectivity index (χ1n) is 19.3. The average molecular weight is 808 g/mol. The Balaban J connectivity index is 2.03. The number of methoxy groups -OCH3 is 2. The number of amides is 4. The Morgan fingerprint density at radius 1 is 1.02 bits per heavy atom. The predicted molar refractivity (Wildman–Crippen MR) is 225 cm³/mol. The molecule has 0 saturated carbocycles. The van der Waals surface area contributed by atoms with Gasteiger partial charge < -0.3 is 39.6 Å². The number of nitrogens with one attached hydrogen (secondary N) is 3. The molecule has 58 heavy (non-hydrogen) atoms. The molecule has 1 aromatic heterocycles. The minimum Gasteiger partial charge on any atom is -0.453 e. The van der Waals surface area contributed by atoms with Crippen LogP contribution < -0.4 is 10.6 Å². The van der Waals surface area contributed by atoms with Crippen LogP contribution in [0.3, 0.4) is 0 Å². The van der Waals surface area contributed by atoms with E-state index in [0.29, 0.717) is 42.1 Å². The van der Waals surface area contributed by atoms with Gasteiger partial charge in [0.25, 0.3) is 0 Å². The van der Waals surface area contributed by atoms with E-state index in [1.807, 2.05) is 54.5 Å². The summed E-state index contributed by atoms with van der Waals surface area (Å²) in [5, 5.41) is 5.31. The number of aliphatic imine (C=N–C) groups is 1. The van der Waals surface area contributed by atoms with Crippen molar-refractivity contribution in [3.63, 3.8) is 0 Å². The minimum absolute atomic E-state index is 0.0566. The highest BCUT2D eigenvalue weighted by molar-refractivity contribution is 5.87. The maximum absolute atomic E-state index is 14.9. The van der Waals surface area contributed by atoms with E-state index in [4.69, 9.17) is 9.47 Å². The van der Waals surface area contributed by atoms with Crippen LogP contribution in [0.1, 0.15) is 78.9 Å². The topological polar surface area (TPSA) is 168 Å². The summed E-state index contributed by atoms with van der Waals surface area (Å²) in [4.78, 5) is 65.7. The maximum atomic E-state index is 14.9. The standard InChI is InChI=1S/C43H62FN7O7/c1-14-51(41(53)38(49-43(55)57-13)34-23-31(8)58-32(9)24-34)33(10)39-46-25-36(47-39)30(7)21-27(4)15-16-29(6)35(44)22-28(5)17-18-45-19-20-50(11)40(52)37(26(2)3)48-42(54)56-12/h15-19,21-22,25-26,31-34,37-38H,5-7,14,20,23-24H2,1-4,8-13H3,(H,46,47)(H,48,54)(H,49,55)/b16-15+,18-17+,27-21+,35-22+,45-19+/t31-,32+,33-,34?,37-,38?/m0/s1. The van der Waals surface area contributed by atoms with E-state index in [1.54, 1.807) is 24.2 Å². The molecule has 4 amide bonds. The highest BCUT2D eigenvalue weighted by atomic mass is 19.1. The second kappa shape index (κ2) is 23.6. The van der Waals surface area contributed by atoms with Crippen LogP contribution in [-0.4, -0.2) is 109 Å². The van der Waals surface area contributed by atoms with Crippen molar-refractivity contribution in [2.75, 3.05) is 34.4 Å². The van der Waals surface area contributed by atoms with E-state index < -0.39 is 36.1 Å². The number of nitrogens with zero attached hydrogens (tertiary/aromatic N) is 4. The van der Waals surface area contributed by atoms with Crippen molar-refractivity contribution in [2.24, 2.45) is 16.8 Å². The zero-order valence-corrected chi connectivity index (χ0v) is 35.6. The van der Waals surface area contributed by atoms with Crippen molar-refractivity contribution < 1.29 is 37.8 Å². The first kappa shape index (κ1) is 48.6. The summed E-state index contributed by atoms with van der Waals surface area (Å²) in [6, 6.07) is -2.00. The van der Waals surface area contributed by atoms with Crippen molar-refractivity contribution in [3.05, 3.63) is 96.6 Å². The molecule has 1 aliphatic rings. The molecular formula is C43H62FN7O7. The zero-order valence-electron chi connectivity index (χ0n) is 35.6. The lowest BCUT2D eigenvalue weighted by molar-refractivity contribution is -0.139. The third-order valence-corrected chi connectivity index (χ3v) is 9.53. The normalized spacial score (nSPS) is 19.1. The molecule has 0 spiro atoms. The van der Waals surface area contributed by atoms with Gasteiger partial charge in [0.05, 0.1) is 50.9 Å². The van der Waals surface area contributed by atoms with Crippen molar-refractivity contribution >= 4 is 35.8 Å². The molecule has 1 aliphatic heterocycles. The number of allylic oxidation sites excluding steroid dienone is 10. The third-order valence-electron chi connectivity index (χ3n) is 9.53. The van der Waals surface area contributed by atoms with Gasteiger partial charge >= 0.3 is 12.2 Å². The number of hydrogen-bond donors (Lipinski definition) is 3. The molecule has 14 nitrogen and oxygen atoms in total. The summed E-state index contributed by atoms with van der Waals surface area (Å²) in [5.74, 6) is -0.858. The van der Waals surface area contributed by atoms with E-state index in [-0.39, 0.29) is 48.0 Å². The summed E-state index contributed by atoms with van der Waals surface area (Å²) in [5.41, 5.74) is 2.49. The molecule has 3 N–H and O–H groups in total. The lowest BCUT2D eigenvalue weighted by Gasteiger charge is -2.39. The largest absolute Gasteiger partial charge is 0.453 e. The van der Waals surface area contributed by atoms with Gasteiger partial charge in [-0.1, -0.05) is 57.4 Å². The number of halogens is 1. The van der Waals surface area contributed by atoms with Crippen molar-refractivity contribution in [1.29, 1.82) is 0 Å². The van der Waals surface area contributed by atoms with Crippen molar-refractivity contribution in [3.8, 4) is 0 Å². The third kappa shape index (κ3) is 15.1. The van der Waals surface area contributed by atoms with Gasteiger partial charge in [0, 0.05) is 31.6 Å². The van der Waals surface area contributed by atoms with E-state index in [2.05, 4.69) is 50.1 Å². The molecule has 1 saturated heterocycles. The van der Waals surface area contributed by atoms with Gasteiger partial charge in [-0.25, -0.2) is 19.0 Å². The first-order chi connectivity index (χ1) is 27.3. The molecule has 0 aliphatic carbocycles. The monoisotopic (exact) mass is 807 g/mol. The highest BCUT2D eigenvalue weighted by Crippen LogP contribution is 2.30. The molecule has 2 unspecified atom stereocenters. The van der Waals surface area contributed by atoms with Crippen LogP contribution in [0.25, 0.3) is 5.57 Å². The molecule has 2 heterocycles. The van der Waals surface area contributed by atoms with Crippen molar-refractivity contribution in [2.45, 2.75) is 91.6 Å². The van der Waals surface area contributed by atoms with E-state index in [9.17, 15) is 23.6 Å². The Hall–Kier alpha value is -5.57. The first-order valence-corrected chi connectivity index (χ1v) is 19.3. The Morgan fingerprint density at radius 2 is 1.64 bits per heavy atom. The Labute approximate surface area is 342 Å². The highest BCUT2D eigenvalue weighted by Gasteiger charge is 2.39. The number of hydrogen-bond acceptors (Lipinski definition) is 9. The molecule has 1 aromatic rings. The van der Waals surface area contributed by atoms with Crippen LogP contribution in [0, 0.1) is 11.8 Å². The summed E-state index contributed by atoms with van der Waals surface area (Å²) < 4.78 is 30.3. The van der Waals surface area contributed by atoms with Gasteiger partial charge in [-0.05, 0) is 82.6 Å². The van der Waals surface area contributed by atoms with Gasteiger partial charge in [0.15, 0.2) is 0 Å². The minimum atomic E-state index is -0.797. The fraction of sp³-hybridized carbons (Fsp3) is 0.488. The number of aromatic nitrogens is 2. The fourth-order valence-electron chi connectivity index (χ4n) is 6.37. The number of imidazole rings is 1. The molecule has 0 bridgehead atoms. The van der Waals surface area contributed by atoms with Gasteiger partial charge in [-0.3, -0.25) is 14.6 Å². The molecule has 0 aromatic carbocycles. The summed E-state index contributed by atoms with van der Waals surface area (Å²) >= 11 is 0. The number of aromatic amines is 1. The number of H-pyrrole nitrogens is 1. The van der Waals surface area contributed by atoms with Crippen LogP contribution in [0.15, 0.2) is 90.1 Å². The smallest absolute Gasteiger partial charge is 0.407 e. The summed E-state index contributed by atoms with van der Waals surface area (Å²) in [6.45, 7) is 25.5. The number of alkyl carbamates (subject to hydrolysis) is 2. The van der Waals surface area contributed by atoms with E-state index >= 15 is 0 Å². The molecule has 6 atom stereocenters. The van der Waals surface area contributed by atoms with Crippen LogP contribution in [-0.2, 0) is 23.8 Å². The lowest BCUT2D eigenvalue weighted by atomic mass is 9.85. The fourth-order valence-corrected chi connectivity index (χ4v) is 6.37. The second-order valence-corrected chi connectivity index (χ2v) is 14.6. The quantitative estimate of drug-likeness (QED) is 0.0979. The van der Waals surface area contributed by atoms with Crippen LogP contribution in [0.5, 0.6) is 0 Å². The van der Waals surface area contributed by atoms with Gasteiger partial charge in [-0.15, -0.1) is 0 Å². The molecule has 15 heteroatoms. The summed E-state index contributed by atoms with van der Waals surface area (Å²) in [7, 11) is 4.09. The van der Waals surface area contributed by atoms with Gasteiger partial charge in [0.2, 0.25) is 11.8 Å². The summed E-state index contributed by atoms with van der Waals surface area (Å²) in [6.07, 6.45) is 12.1. The van der Waals surface area contributed by atoms with Crippen LogP contribution in [0.2, 0.25) is 0 Å². The SMILES string of the molecule is C=C(/C=C/N=C/CN(C)C(=O)[C@@H](NC(=O)OC)C(C)C)/C=C(/F)C(=C)/C=C/C(C)=C/C(=C)c1cnc([C@H](C)N(CC)C(=O)C(NC(=O)OC)C2C[C@@H](C)O[C@@H](C)C2)[nH]1. The van der Waals surface area contributed by atoms with Gasteiger partial charge in [0.1, 0.15) is 23.7 Å². The predicted octanol–water partition coefficient (Wildman–Crippen LogP) is 7.15. The van der Waals surface area contributed by atoms with E-state index in [0.717, 1.165) is 5.57 Å². The number of ether oxygens (including phenoxy) is 3. The molecule has 318 valence electrons. The Morgan fingerprint density at radius 3 is 2.22 bits per heavy atom. The average Bonchev–Trinajstić information content (AvgIpc) is 3.68. The van der Waals surface area contributed by atoms with Crippen LogP contribution >= 0.6 is 0 Å². The maximum Gasteiger partial charge on any atom is 0.407 e. The van der Waals surface area contributed by atoms with Crippen molar-refractivity contribution in [1.82, 2.24) is 30.4 Å². The second-order valence-electron chi connectivity index (χ2n) is 14.6. The molecular weight excluding hydrogens is 746 g/mol. The number of carbonyl (C=O) groups excluding carboxylic acids is 4. The number of carbonyl (C=O) groups is 4. The Bertz CT molecular complexity index is 1780.